The molecule has 21 heavy (non-hydrogen) atoms. The van der Waals surface area contributed by atoms with Crippen LogP contribution >= 0.6 is 15.9 Å². The Morgan fingerprint density at radius 2 is 1.81 bits per heavy atom. The summed E-state index contributed by atoms with van der Waals surface area (Å²) in [5.41, 5.74) is 5.70. The molecule has 1 aromatic carbocycles. The lowest BCUT2D eigenvalue weighted by molar-refractivity contribution is -0.126. The molecule has 116 valence electrons. The van der Waals surface area contributed by atoms with Crippen LogP contribution in [0.4, 0.5) is 0 Å². The van der Waals surface area contributed by atoms with Crippen LogP contribution in [0.15, 0.2) is 28.7 Å². The Kier molecular flexibility index (Phi) is 6.84. The molecule has 1 rings (SSSR count). The Labute approximate surface area is 133 Å². The number of amides is 2. The van der Waals surface area contributed by atoms with Crippen molar-refractivity contribution in [2.45, 2.75) is 32.2 Å². The lowest BCUT2D eigenvalue weighted by Crippen LogP contribution is -2.49. The molecule has 0 saturated carbocycles. The van der Waals surface area contributed by atoms with Crippen LogP contribution in [0.2, 0.25) is 0 Å². The van der Waals surface area contributed by atoms with Gasteiger partial charge in [-0.25, -0.2) is 0 Å². The van der Waals surface area contributed by atoms with E-state index < -0.39 is 5.54 Å². The molecule has 0 radical (unpaired) electrons. The maximum absolute atomic E-state index is 12.2. The molecular weight excluding hydrogens is 334 g/mol. The zero-order valence-corrected chi connectivity index (χ0v) is 14.0. The van der Waals surface area contributed by atoms with Crippen molar-refractivity contribution in [2.24, 2.45) is 5.73 Å². The van der Waals surface area contributed by atoms with E-state index in [4.69, 9.17) is 5.73 Å². The first kappa shape index (κ1) is 17.7. The van der Waals surface area contributed by atoms with Gasteiger partial charge in [-0.1, -0.05) is 35.0 Å². The van der Waals surface area contributed by atoms with Crippen LogP contribution in [-0.2, 0) is 15.1 Å². The van der Waals surface area contributed by atoms with E-state index in [0.717, 1.165) is 16.5 Å². The molecule has 0 aliphatic carbocycles. The van der Waals surface area contributed by atoms with Crippen molar-refractivity contribution >= 4 is 27.7 Å². The molecule has 0 aliphatic rings. The highest BCUT2D eigenvalue weighted by Gasteiger charge is 2.30. The standard InChI is InChI=1S/C15H22BrN3O2/c1-3-9-18-13(20)8-10-19-14(21)15(2,17)11-4-6-12(16)7-5-11/h4-7H,3,8-10,17H2,1-2H3,(H,18,20)(H,19,21). The average Bonchev–Trinajstić information content (AvgIpc) is 2.45. The number of nitrogens with one attached hydrogen (secondary N) is 2. The third kappa shape index (κ3) is 5.47. The van der Waals surface area contributed by atoms with E-state index >= 15 is 0 Å². The molecule has 2 amide bonds. The van der Waals surface area contributed by atoms with Crippen molar-refractivity contribution in [1.82, 2.24) is 10.6 Å². The number of nitrogens with two attached hydrogens (primary N) is 1. The number of carbonyl (C=O) groups excluding carboxylic acids is 2. The van der Waals surface area contributed by atoms with Crippen molar-refractivity contribution in [2.75, 3.05) is 13.1 Å². The lowest BCUT2D eigenvalue weighted by atomic mass is 9.92. The van der Waals surface area contributed by atoms with Gasteiger partial charge in [-0.2, -0.15) is 0 Å². The summed E-state index contributed by atoms with van der Waals surface area (Å²) < 4.78 is 0.926. The van der Waals surface area contributed by atoms with Gasteiger partial charge >= 0.3 is 0 Å². The first-order valence-electron chi connectivity index (χ1n) is 6.98. The minimum absolute atomic E-state index is 0.0699. The van der Waals surface area contributed by atoms with Crippen LogP contribution in [-0.4, -0.2) is 24.9 Å². The van der Waals surface area contributed by atoms with Crippen molar-refractivity contribution < 1.29 is 9.59 Å². The van der Waals surface area contributed by atoms with Gasteiger partial charge in [-0.15, -0.1) is 0 Å². The van der Waals surface area contributed by atoms with Gasteiger partial charge in [0.1, 0.15) is 5.54 Å². The molecular formula is C15H22BrN3O2. The maximum Gasteiger partial charge on any atom is 0.244 e. The summed E-state index contributed by atoms with van der Waals surface area (Å²) in [6, 6.07) is 7.28. The third-order valence-corrected chi connectivity index (χ3v) is 3.65. The fourth-order valence-corrected chi connectivity index (χ4v) is 2.02. The zero-order chi connectivity index (χ0) is 15.9. The summed E-state index contributed by atoms with van der Waals surface area (Å²) in [4.78, 5) is 23.6. The monoisotopic (exact) mass is 355 g/mol. The molecule has 4 N–H and O–H groups in total. The predicted octanol–water partition coefficient (Wildman–Crippen LogP) is 1.66. The van der Waals surface area contributed by atoms with Crippen LogP contribution in [0.3, 0.4) is 0 Å². The number of rotatable bonds is 7. The summed E-state index contributed by atoms with van der Waals surface area (Å²) in [7, 11) is 0. The van der Waals surface area contributed by atoms with E-state index in [0.29, 0.717) is 6.54 Å². The molecule has 0 heterocycles. The fraction of sp³-hybridized carbons (Fsp3) is 0.467. The largest absolute Gasteiger partial charge is 0.356 e. The van der Waals surface area contributed by atoms with Gasteiger partial charge in [0.25, 0.3) is 0 Å². The van der Waals surface area contributed by atoms with E-state index in [9.17, 15) is 9.59 Å². The summed E-state index contributed by atoms with van der Waals surface area (Å²) in [5.74, 6) is -0.368. The Balaban J connectivity index is 2.50. The molecule has 0 saturated heterocycles. The van der Waals surface area contributed by atoms with E-state index in [2.05, 4.69) is 26.6 Å². The second-order valence-electron chi connectivity index (χ2n) is 5.07. The zero-order valence-electron chi connectivity index (χ0n) is 12.4. The molecule has 0 spiro atoms. The summed E-state index contributed by atoms with van der Waals surface area (Å²) in [6.07, 6.45) is 1.14. The van der Waals surface area contributed by atoms with Crippen molar-refractivity contribution in [3.8, 4) is 0 Å². The summed E-state index contributed by atoms with van der Waals surface area (Å²) in [6.45, 7) is 4.57. The molecule has 6 heteroatoms. The normalized spacial score (nSPS) is 13.3. The second kappa shape index (κ2) is 8.14. The Bertz CT molecular complexity index is 486. The molecule has 5 nitrogen and oxygen atoms in total. The van der Waals surface area contributed by atoms with Crippen molar-refractivity contribution in [3.63, 3.8) is 0 Å². The quantitative estimate of drug-likeness (QED) is 0.695. The van der Waals surface area contributed by atoms with Crippen LogP contribution in [0.25, 0.3) is 0 Å². The molecule has 1 aromatic rings. The third-order valence-electron chi connectivity index (χ3n) is 3.13. The van der Waals surface area contributed by atoms with Gasteiger partial charge in [0.2, 0.25) is 11.8 Å². The first-order valence-corrected chi connectivity index (χ1v) is 7.77. The van der Waals surface area contributed by atoms with Gasteiger partial charge in [0.05, 0.1) is 0 Å². The smallest absolute Gasteiger partial charge is 0.244 e. The SMILES string of the molecule is CCCNC(=O)CCNC(=O)C(C)(N)c1ccc(Br)cc1. The van der Waals surface area contributed by atoms with E-state index in [-0.39, 0.29) is 24.8 Å². The minimum atomic E-state index is -1.12. The molecule has 0 aromatic heterocycles. The molecule has 0 bridgehead atoms. The van der Waals surface area contributed by atoms with Gasteiger partial charge in [0, 0.05) is 24.0 Å². The van der Waals surface area contributed by atoms with Gasteiger partial charge in [-0.05, 0) is 31.0 Å². The van der Waals surface area contributed by atoms with Crippen LogP contribution in [0, 0.1) is 0 Å². The van der Waals surface area contributed by atoms with E-state index in [1.54, 1.807) is 19.1 Å². The van der Waals surface area contributed by atoms with Gasteiger partial charge in [-0.3, -0.25) is 9.59 Å². The fourth-order valence-electron chi connectivity index (χ4n) is 1.75. The number of halogens is 1. The minimum Gasteiger partial charge on any atom is -0.356 e. The van der Waals surface area contributed by atoms with Crippen LogP contribution in [0.5, 0.6) is 0 Å². The van der Waals surface area contributed by atoms with Crippen molar-refractivity contribution in [3.05, 3.63) is 34.3 Å². The Hall–Kier alpha value is -1.40. The molecule has 0 aliphatic heterocycles. The van der Waals surface area contributed by atoms with Gasteiger partial charge < -0.3 is 16.4 Å². The number of hydrogen-bond donors (Lipinski definition) is 3. The topological polar surface area (TPSA) is 84.2 Å². The maximum atomic E-state index is 12.2. The predicted molar refractivity (Wildman–Crippen MR) is 86.6 cm³/mol. The summed E-state index contributed by atoms with van der Waals surface area (Å²) >= 11 is 3.34. The Morgan fingerprint density at radius 1 is 1.19 bits per heavy atom. The molecule has 1 unspecified atom stereocenters. The second-order valence-corrected chi connectivity index (χ2v) is 5.98. The van der Waals surface area contributed by atoms with Crippen LogP contribution in [0.1, 0.15) is 32.3 Å². The number of hydrogen-bond acceptors (Lipinski definition) is 3. The number of benzene rings is 1. The average molecular weight is 356 g/mol. The highest BCUT2D eigenvalue weighted by molar-refractivity contribution is 9.10. The van der Waals surface area contributed by atoms with E-state index in [1.165, 1.54) is 0 Å². The Morgan fingerprint density at radius 3 is 2.38 bits per heavy atom. The van der Waals surface area contributed by atoms with E-state index in [1.807, 2.05) is 19.1 Å². The highest BCUT2D eigenvalue weighted by Crippen LogP contribution is 2.20. The lowest BCUT2D eigenvalue weighted by Gasteiger charge is -2.24. The molecule has 0 fully saturated rings. The van der Waals surface area contributed by atoms with Crippen LogP contribution < -0.4 is 16.4 Å². The van der Waals surface area contributed by atoms with Crippen molar-refractivity contribution in [1.29, 1.82) is 0 Å². The number of carbonyl (C=O) groups is 2. The van der Waals surface area contributed by atoms with Gasteiger partial charge in [0.15, 0.2) is 0 Å². The highest BCUT2D eigenvalue weighted by atomic mass is 79.9. The first-order chi connectivity index (χ1) is 9.87. The summed E-state index contributed by atoms with van der Waals surface area (Å²) in [5, 5.41) is 5.46. The molecule has 1 atom stereocenters.